The van der Waals surface area contributed by atoms with Gasteiger partial charge in [-0.15, -0.1) is 0 Å². The van der Waals surface area contributed by atoms with E-state index in [0.717, 1.165) is 29.0 Å². The van der Waals surface area contributed by atoms with Crippen LogP contribution < -0.4 is 10.1 Å². The van der Waals surface area contributed by atoms with E-state index in [9.17, 15) is 18.0 Å². The van der Waals surface area contributed by atoms with Crippen LogP contribution in [-0.2, 0) is 24.0 Å². The minimum atomic E-state index is -4.38. The minimum absolute atomic E-state index is 0.148. The van der Waals surface area contributed by atoms with Gasteiger partial charge in [0.1, 0.15) is 18.1 Å². The third kappa shape index (κ3) is 5.87. The van der Waals surface area contributed by atoms with Gasteiger partial charge in [-0.3, -0.25) is 4.79 Å². The molecule has 2 aromatic carbocycles. The number of hydrogen-bond donors (Lipinski definition) is 1. The average molecular weight is 432 g/mol. The summed E-state index contributed by atoms with van der Waals surface area (Å²) in [5, 5.41) is 6.69. The predicted octanol–water partition coefficient (Wildman–Crippen LogP) is 5.31. The first kappa shape index (κ1) is 22.4. The zero-order valence-corrected chi connectivity index (χ0v) is 17.4. The Labute approximate surface area is 178 Å². The molecule has 1 N–H and O–H groups in total. The van der Waals surface area contributed by atoms with E-state index < -0.39 is 17.8 Å². The molecule has 8 heteroatoms. The Morgan fingerprint density at radius 3 is 2.29 bits per heavy atom. The summed E-state index contributed by atoms with van der Waals surface area (Å²) in [6.45, 7) is 5.74. The number of hydrogen-bond acceptors (Lipinski definition) is 4. The monoisotopic (exact) mass is 432 g/mol. The standard InChI is InChI=1S/C23H23F3N2O3/c1-14(18-6-8-19(9-7-18)23(24,25)26)27-22(29)12-17-4-10-20(11-5-17)30-13-21-15(2)28-31-16(21)3/h4-11,14H,12-13H2,1-3H3,(H,27,29). The lowest BCUT2D eigenvalue weighted by atomic mass is 10.1. The molecule has 1 aromatic heterocycles. The van der Waals surface area contributed by atoms with E-state index in [1.807, 2.05) is 13.8 Å². The van der Waals surface area contributed by atoms with Crippen LogP contribution in [0.15, 0.2) is 53.1 Å². The van der Waals surface area contributed by atoms with Crippen molar-refractivity contribution in [2.75, 3.05) is 0 Å². The van der Waals surface area contributed by atoms with Crippen molar-refractivity contribution < 1.29 is 27.2 Å². The van der Waals surface area contributed by atoms with Crippen molar-refractivity contribution in [3.05, 3.63) is 82.2 Å². The zero-order chi connectivity index (χ0) is 22.6. The molecule has 0 spiro atoms. The van der Waals surface area contributed by atoms with E-state index in [1.165, 1.54) is 12.1 Å². The van der Waals surface area contributed by atoms with Gasteiger partial charge in [-0.1, -0.05) is 29.4 Å². The molecular formula is C23H23F3N2O3. The summed E-state index contributed by atoms with van der Waals surface area (Å²) < 4.78 is 48.9. The molecule has 164 valence electrons. The Morgan fingerprint density at radius 2 is 1.74 bits per heavy atom. The average Bonchev–Trinajstić information content (AvgIpc) is 3.04. The normalized spacial score (nSPS) is 12.5. The number of rotatable bonds is 7. The van der Waals surface area contributed by atoms with Crippen molar-refractivity contribution in [2.24, 2.45) is 0 Å². The highest BCUT2D eigenvalue weighted by atomic mass is 19.4. The number of nitrogens with one attached hydrogen (secondary N) is 1. The maximum absolute atomic E-state index is 12.7. The lowest BCUT2D eigenvalue weighted by Gasteiger charge is -2.15. The van der Waals surface area contributed by atoms with Crippen LogP contribution in [0.25, 0.3) is 0 Å². The SMILES string of the molecule is Cc1noc(C)c1COc1ccc(CC(=O)NC(C)c2ccc(C(F)(F)F)cc2)cc1. The van der Waals surface area contributed by atoms with Gasteiger partial charge >= 0.3 is 6.18 Å². The number of nitrogens with zero attached hydrogens (tertiary/aromatic N) is 1. The van der Waals surface area contributed by atoms with Gasteiger partial charge < -0.3 is 14.6 Å². The van der Waals surface area contributed by atoms with Gasteiger partial charge in [-0.25, -0.2) is 0 Å². The third-order valence-corrected chi connectivity index (χ3v) is 4.97. The summed E-state index contributed by atoms with van der Waals surface area (Å²) in [5.74, 6) is 1.15. The van der Waals surface area contributed by atoms with Crippen LogP contribution in [0.5, 0.6) is 5.75 Å². The Balaban J connectivity index is 1.52. The molecule has 5 nitrogen and oxygen atoms in total. The van der Waals surface area contributed by atoms with Crippen LogP contribution in [0.2, 0.25) is 0 Å². The fraction of sp³-hybridized carbons (Fsp3) is 0.304. The molecule has 1 amide bonds. The Kier molecular flexibility index (Phi) is 6.68. The van der Waals surface area contributed by atoms with Crippen molar-refractivity contribution in [1.82, 2.24) is 10.5 Å². The fourth-order valence-corrected chi connectivity index (χ4v) is 3.09. The second-order valence-corrected chi connectivity index (χ2v) is 7.32. The lowest BCUT2D eigenvalue weighted by molar-refractivity contribution is -0.137. The molecule has 1 unspecified atom stereocenters. The second-order valence-electron chi connectivity index (χ2n) is 7.32. The van der Waals surface area contributed by atoms with Crippen molar-refractivity contribution in [2.45, 2.75) is 46.0 Å². The maximum atomic E-state index is 12.7. The first-order chi connectivity index (χ1) is 14.6. The van der Waals surface area contributed by atoms with Gasteiger partial charge in [0.2, 0.25) is 5.91 Å². The molecule has 0 aliphatic heterocycles. The van der Waals surface area contributed by atoms with Crippen molar-refractivity contribution in [3.8, 4) is 5.75 Å². The molecule has 1 atom stereocenters. The first-order valence-electron chi connectivity index (χ1n) is 9.73. The number of aryl methyl sites for hydroxylation is 2. The lowest BCUT2D eigenvalue weighted by Crippen LogP contribution is -2.28. The summed E-state index contributed by atoms with van der Waals surface area (Å²) >= 11 is 0. The summed E-state index contributed by atoms with van der Waals surface area (Å²) in [4.78, 5) is 12.3. The van der Waals surface area contributed by atoms with Gasteiger partial charge in [0.25, 0.3) is 0 Å². The first-order valence-corrected chi connectivity index (χ1v) is 9.73. The molecular weight excluding hydrogens is 409 g/mol. The van der Waals surface area contributed by atoms with Crippen molar-refractivity contribution in [3.63, 3.8) is 0 Å². The van der Waals surface area contributed by atoms with E-state index in [2.05, 4.69) is 10.5 Å². The maximum Gasteiger partial charge on any atom is 0.416 e. The van der Waals surface area contributed by atoms with Gasteiger partial charge in [-0.2, -0.15) is 13.2 Å². The molecule has 0 radical (unpaired) electrons. The Hall–Kier alpha value is -3.29. The van der Waals surface area contributed by atoms with Crippen LogP contribution in [0, 0.1) is 13.8 Å². The number of carbonyl (C=O) groups is 1. The number of ether oxygens (including phenoxy) is 1. The number of aromatic nitrogens is 1. The topological polar surface area (TPSA) is 64.4 Å². The van der Waals surface area contributed by atoms with Crippen LogP contribution in [0.3, 0.4) is 0 Å². The van der Waals surface area contributed by atoms with E-state index in [4.69, 9.17) is 9.26 Å². The highest BCUT2D eigenvalue weighted by Crippen LogP contribution is 2.30. The highest BCUT2D eigenvalue weighted by molar-refractivity contribution is 5.79. The van der Waals surface area contributed by atoms with Gasteiger partial charge in [0.15, 0.2) is 0 Å². The summed E-state index contributed by atoms with van der Waals surface area (Å²) in [6.07, 6.45) is -4.23. The van der Waals surface area contributed by atoms with Gasteiger partial charge in [0, 0.05) is 0 Å². The number of halogens is 3. The highest BCUT2D eigenvalue weighted by Gasteiger charge is 2.30. The number of alkyl halides is 3. The van der Waals surface area contributed by atoms with Gasteiger partial charge in [0.05, 0.1) is 29.3 Å². The molecule has 3 rings (SSSR count). The van der Waals surface area contributed by atoms with E-state index in [0.29, 0.717) is 23.7 Å². The molecule has 0 saturated heterocycles. The van der Waals surface area contributed by atoms with Crippen LogP contribution in [0.4, 0.5) is 13.2 Å². The van der Waals surface area contributed by atoms with Crippen LogP contribution in [0.1, 0.15) is 46.7 Å². The predicted molar refractivity (Wildman–Crippen MR) is 108 cm³/mol. The molecule has 0 aliphatic carbocycles. The molecule has 31 heavy (non-hydrogen) atoms. The smallest absolute Gasteiger partial charge is 0.416 e. The molecule has 0 fully saturated rings. The number of carbonyl (C=O) groups excluding carboxylic acids is 1. The Bertz CT molecular complexity index is 1010. The van der Waals surface area contributed by atoms with Crippen molar-refractivity contribution >= 4 is 5.91 Å². The van der Waals surface area contributed by atoms with E-state index in [1.54, 1.807) is 31.2 Å². The molecule has 1 heterocycles. The largest absolute Gasteiger partial charge is 0.489 e. The summed E-state index contributed by atoms with van der Waals surface area (Å²) in [7, 11) is 0. The number of amides is 1. The fourth-order valence-electron chi connectivity index (χ4n) is 3.09. The molecule has 0 aliphatic rings. The van der Waals surface area contributed by atoms with Crippen LogP contribution >= 0.6 is 0 Å². The van der Waals surface area contributed by atoms with Gasteiger partial charge in [-0.05, 0) is 56.2 Å². The van der Waals surface area contributed by atoms with E-state index in [-0.39, 0.29) is 12.3 Å². The minimum Gasteiger partial charge on any atom is -0.489 e. The summed E-state index contributed by atoms with van der Waals surface area (Å²) in [6, 6.07) is 11.5. The molecule has 0 bridgehead atoms. The third-order valence-electron chi connectivity index (χ3n) is 4.97. The van der Waals surface area contributed by atoms with Crippen LogP contribution in [-0.4, -0.2) is 11.1 Å². The second kappa shape index (κ2) is 9.24. The van der Waals surface area contributed by atoms with Crippen molar-refractivity contribution in [1.29, 1.82) is 0 Å². The number of benzene rings is 2. The molecule has 0 saturated carbocycles. The summed E-state index contributed by atoms with van der Waals surface area (Å²) in [5.41, 5.74) is 2.37. The molecule has 3 aromatic rings. The quantitative estimate of drug-likeness (QED) is 0.550. The Morgan fingerprint density at radius 1 is 1.10 bits per heavy atom. The van der Waals surface area contributed by atoms with E-state index >= 15 is 0 Å². The zero-order valence-electron chi connectivity index (χ0n) is 17.4.